The Labute approximate surface area is 124 Å². The molecule has 1 atom stereocenters. The molecule has 1 amide bonds. The van der Waals surface area contributed by atoms with Crippen LogP contribution in [-0.4, -0.2) is 80.8 Å². The molecule has 21 heavy (non-hydrogen) atoms. The zero-order chi connectivity index (χ0) is 16.0. The van der Waals surface area contributed by atoms with Gasteiger partial charge in [0.1, 0.15) is 6.54 Å². The van der Waals surface area contributed by atoms with E-state index in [1.54, 1.807) is 0 Å². The number of nitrogens with zero attached hydrogens (tertiary/aromatic N) is 2. The van der Waals surface area contributed by atoms with Crippen molar-refractivity contribution < 1.29 is 27.9 Å². The molecule has 0 radical (unpaired) electrons. The maximum absolute atomic E-state index is 12.4. The van der Waals surface area contributed by atoms with Gasteiger partial charge in [-0.2, -0.15) is 0 Å². The second-order valence-corrected chi connectivity index (χ2v) is 7.09. The summed E-state index contributed by atoms with van der Waals surface area (Å²) in [6, 6.07) is 0. The van der Waals surface area contributed by atoms with Gasteiger partial charge in [0.05, 0.1) is 18.8 Å². The zero-order valence-electron chi connectivity index (χ0n) is 12.3. The first kappa shape index (κ1) is 17.9. The van der Waals surface area contributed by atoms with E-state index in [9.17, 15) is 18.0 Å². The molecule has 0 aromatic heterocycles. The summed E-state index contributed by atoms with van der Waals surface area (Å²) in [6.45, 7) is 0.524. The van der Waals surface area contributed by atoms with Crippen molar-refractivity contribution in [1.82, 2.24) is 9.21 Å². The number of carboxylic acid groups (broad SMARTS) is 1. The van der Waals surface area contributed by atoms with E-state index in [1.165, 1.54) is 16.3 Å². The van der Waals surface area contributed by atoms with Gasteiger partial charge in [-0.05, 0) is 12.8 Å². The molecule has 1 aliphatic rings. The van der Waals surface area contributed by atoms with Crippen LogP contribution < -0.4 is 0 Å². The third-order valence-electron chi connectivity index (χ3n) is 3.41. The highest BCUT2D eigenvalue weighted by Gasteiger charge is 2.33. The molecule has 1 fully saturated rings. The van der Waals surface area contributed by atoms with Crippen LogP contribution in [0.15, 0.2) is 0 Å². The van der Waals surface area contributed by atoms with E-state index in [0.717, 1.165) is 6.26 Å². The van der Waals surface area contributed by atoms with Crippen LogP contribution in [0.1, 0.15) is 12.8 Å². The van der Waals surface area contributed by atoms with Gasteiger partial charge in [-0.3, -0.25) is 9.59 Å². The van der Waals surface area contributed by atoms with Crippen LogP contribution in [0.4, 0.5) is 0 Å². The summed E-state index contributed by atoms with van der Waals surface area (Å²) >= 11 is 0. The maximum atomic E-state index is 12.4. The average molecular weight is 322 g/mol. The molecule has 0 unspecified atom stereocenters. The van der Waals surface area contributed by atoms with Crippen molar-refractivity contribution in [1.29, 1.82) is 0 Å². The summed E-state index contributed by atoms with van der Waals surface area (Å²) in [6.07, 6.45) is 2.27. The molecule has 122 valence electrons. The maximum Gasteiger partial charge on any atom is 0.323 e. The molecule has 1 N–H and O–H groups in total. The molecular weight excluding hydrogens is 300 g/mol. The normalized spacial score (nSPS) is 20.2. The van der Waals surface area contributed by atoms with Gasteiger partial charge in [0.15, 0.2) is 0 Å². The number of piperidine rings is 1. The molecule has 0 spiro atoms. The number of hydrogen-bond donors (Lipinski definition) is 1. The number of ether oxygens (including phenoxy) is 1. The summed E-state index contributed by atoms with van der Waals surface area (Å²) < 4.78 is 29.3. The number of hydrogen-bond acceptors (Lipinski definition) is 5. The number of sulfonamides is 1. The minimum atomic E-state index is -3.34. The zero-order valence-corrected chi connectivity index (χ0v) is 13.1. The topological polar surface area (TPSA) is 104 Å². The summed E-state index contributed by atoms with van der Waals surface area (Å²) in [4.78, 5) is 24.5. The first-order valence-electron chi connectivity index (χ1n) is 6.70. The average Bonchev–Trinajstić information content (AvgIpc) is 2.41. The molecule has 0 aromatic carbocycles. The molecule has 8 nitrogen and oxygen atoms in total. The van der Waals surface area contributed by atoms with Gasteiger partial charge in [0, 0.05) is 26.7 Å². The predicted octanol–water partition coefficient (Wildman–Crippen LogP) is -0.782. The summed E-state index contributed by atoms with van der Waals surface area (Å²) in [7, 11) is -1.87. The van der Waals surface area contributed by atoms with E-state index in [2.05, 4.69) is 0 Å². The van der Waals surface area contributed by atoms with E-state index in [0.29, 0.717) is 19.4 Å². The van der Waals surface area contributed by atoms with Crippen LogP contribution >= 0.6 is 0 Å². The number of aliphatic carboxylic acids is 1. The molecule has 0 aromatic rings. The quantitative estimate of drug-likeness (QED) is 0.659. The Morgan fingerprint density at radius 3 is 2.62 bits per heavy atom. The third kappa shape index (κ3) is 5.60. The molecule has 1 heterocycles. The van der Waals surface area contributed by atoms with Crippen molar-refractivity contribution in [2.45, 2.75) is 12.8 Å². The minimum Gasteiger partial charge on any atom is -0.480 e. The highest BCUT2D eigenvalue weighted by Crippen LogP contribution is 2.20. The van der Waals surface area contributed by atoms with Crippen molar-refractivity contribution in [3.05, 3.63) is 0 Å². The number of methoxy groups -OCH3 is 1. The van der Waals surface area contributed by atoms with Gasteiger partial charge in [-0.25, -0.2) is 12.7 Å². The molecule has 1 saturated heterocycles. The van der Waals surface area contributed by atoms with Gasteiger partial charge < -0.3 is 14.7 Å². The lowest BCUT2D eigenvalue weighted by atomic mass is 9.98. The highest BCUT2D eigenvalue weighted by molar-refractivity contribution is 7.88. The molecule has 0 bridgehead atoms. The Kier molecular flexibility index (Phi) is 6.56. The van der Waals surface area contributed by atoms with Crippen LogP contribution in [0.25, 0.3) is 0 Å². The lowest BCUT2D eigenvalue weighted by Crippen LogP contribution is -2.48. The number of rotatable bonds is 7. The smallest absolute Gasteiger partial charge is 0.323 e. The van der Waals surface area contributed by atoms with Gasteiger partial charge >= 0.3 is 5.97 Å². The Morgan fingerprint density at radius 2 is 2.10 bits per heavy atom. The monoisotopic (exact) mass is 322 g/mol. The molecule has 1 aliphatic heterocycles. The van der Waals surface area contributed by atoms with Crippen molar-refractivity contribution >= 4 is 21.9 Å². The van der Waals surface area contributed by atoms with E-state index < -0.39 is 28.5 Å². The van der Waals surface area contributed by atoms with Gasteiger partial charge in [-0.15, -0.1) is 0 Å². The van der Waals surface area contributed by atoms with E-state index in [4.69, 9.17) is 9.84 Å². The van der Waals surface area contributed by atoms with Crippen molar-refractivity contribution in [2.24, 2.45) is 5.92 Å². The first-order chi connectivity index (χ1) is 9.75. The van der Waals surface area contributed by atoms with Crippen LogP contribution in [0.2, 0.25) is 0 Å². The molecular formula is C12H22N2O6S. The van der Waals surface area contributed by atoms with Crippen LogP contribution in [0.5, 0.6) is 0 Å². The summed E-state index contributed by atoms with van der Waals surface area (Å²) in [5.41, 5.74) is 0. The molecule has 0 saturated carbocycles. The van der Waals surface area contributed by atoms with Crippen molar-refractivity contribution in [3.63, 3.8) is 0 Å². The number of carbonyl (C=O) groups excluding carboxylic acids is 1. The van der Waals surface area contributed by atoms with Crippen molar-refractivity contribution in [2.75, 3.05) is 46.2 Å². The minimum absolute atomic E-state index is 0.112. The summed E-state index contributed by atoms with van der Waals surface area (Å²) in [5.74, 6) is -1.93. The van der Waals surface area contributed by atoms with Crippen LogP contribution in [0.3, 0.4) is 0 Å². The molecule has 1 rings (SSSR count). The van der Waals surface area contributed by atoms with E-state index in [1.807, 2.05) is 0 Å². The predicted molar refractivity (Wildman–Crippen MR) is 75.2 cm³/mol. The Hall–Kier alpha value is -1.19. The lowest BCUT2D eigenvalue weighted by Gasteiger charge is -2.33. The Balaban J connectivity index is 2.75. The van der Waals surface area contributed by atoms with Gasteiger partial charge in [-0.1, -0.05) is 0 Å². The largest absolute Gasteiger partial charge is 0.480 e. The summed E-state index contributed by atoms with van der Waals surface area (Å²) in [5, 5.41) is 8.87. The highest BCUT2D eigenvalue weighted by atomic mass is 32.2. The first-order valence-corrected chi connectivity index (χ1v) is 8.55. The van der Waals surface area contributed by atoms with Crippen LogP contribution in [0, 0.1) is 5.92 Å². The lowest BCUT2D eigenvalue weighted by molar-refractivity contribution is -0.147. The SMILES string of the molecule is COCCN(CC(=O)O)C(=O)[C@@H]1CCCN(S(C)(=O)=O)C1. The van der Waals surface area contributed by atoms with E-state index >= 15 is 0 Å². The Morgan fingerprint density at radius 1 is 1.43 bits per heavy atom. The standard InChI is InChI=1S/C12H22N2O6S/c1-20-7-6-13(9-11(15)16)12(17)10-4-3-5-14(8-10)21(2,18)19/h10H,3-9H2,1-2H3,(H,15,16)/t10-/m1/s1. The fourth-order valence-electron chi connectivity index (χ4n) is 2.34. The van der Waals surface area contributed by atoms with E-state index in [-0.39, 0.29) is 25.6 Å². The van der Waals surface area contributed by atoms with Gasteiger partial charge in [0.25, 0.3) is 0 Å². The third-order valence-corrected chi connectivity index (χ3v) is 4.68. The Bertz CT molecular complexity index is 478. The molecule has 9 heteroatoms. The second-order valence-electron chi connectivity index (χ2n) is 5.11. The second kappa shape index (κ2) is 7.71. The fourth-order valence-corrected chi connectivity index (χ4v) is 3.25. The van der Waals surface area contributed by atoms with Gasteiger partial charge in [0.2, 0.25) is 15.9 Å². The van der Waals surface area contributed by atoms with Crippen LogP contribution in [-0.2, 0) is 24.3 Å². The number of carbonyl (C=O) groups is 2. The number of amides is 1. The van der Waals surface area contributed by atoms with Crippen molar-refractivity contribution in [3.8, 4) is 0 Å². The fraction of sp³-hybridized carbons (Fsp3) is 0.833. The number of carboxylic acids is 1. The molecule has 0 aliphatic carbocycles.